The third kappa shape index (κ3) is 4.63. The van der Waals surface area contributed by atoms with Gasteiger partial charge in [0.25, 0.3) is 20.2 Å². The van der Waals surface area contributed by atoms with Crippen LogP contribution in [-0.4, -0.2) is 68.7 Å². The van der Waals surface area contributed by atoms with Gasteiger partial charge in [0, 0.05) is 52.9 Å². The predicted octanol–water partition coefficient (Wildman–Crippen LogP) is 0.340. The Morgan fingerprint density at radius 3 is 2.27 bits per heavy atom. The van der Waals surface area contributed by atoms with E-state index >= 15 is 0 Å². The third-order valence-corrected chi connectivity index (χ3v) is 7.84. The first kappa shape index (κ1) is 21.3. The van der Waals surface area contributed by atoms with E-state index in [1.165, 1.54) is 28.9 Å². The Kier molecular flexibility index (Phi) is 6.49. The fraction of sp³-hybridized carbons (Fsp3) is 0.800. The molecule has 1 saturated heterocycles. The lowest BCUT2D eigenvalue weighted by Crippen LogP contribution is -2.45. The van der Waals surface area contributed by atoms with E-state index in [4.69, 9.17) is 0 Å². The van der Waals surface area contributed by atoms with E-state index in [-0.39, 0.29) is 23.4 Å². The molecule has 26 heavy (non-hydrogen) atoms. The molecule has 2 rings (SSSR count). The molecule has 0 atom stereocenters. The summed E-state index contributed by atoms with van der Waals surface area (Å²) in [6.07, 6.45) is 2.76. The molecular formula is C15H29N5O4S2. The molecule has 0 radical (unpaired) electrons. The molecule has 0 aliphatic carbocycles. The number of rotatable bonds is 7. The van der Waals surface area contributed by atoms with Crippen LogP contribution in [0.2, 0.25) is 0 Å². The van der Waals surface area contributed by atoms with E-state index in [0.717, 1.165) is 0 Å². The minimum Gasteiger partial charge on any atom is -0.336 e. The SMILES string of the molecule is CC(C)c1nc(S(=O)(=O)NCC2CCN(S(=O)(=O)N(C)C)CC2)cn1C. The zero-order valence-electron chi connectivity index (χ0n) is 16.0. The van der Waals surface area contributed by atoms with Crippen LogP contribution in [0.4, 0.5) is 0 Å². The highest BCUT2D eigenvalue weighted by atomic mass is 32.2. The topological polar surface area (TPSA) is 105 Å². The zero-order valence-corrected chi connectivity index (χ0v) is 17.6. The third-order valence-electron chi connectivity index (χ3n) is 4.61. The molecule has 1 fully saturated rings. The maximum Gasteiger partial charge on any atom is 0.281 e. The lowest BCUT2D eigenvalue weighted by atomic mass is 9.99. The molecule has 0 bridgehead atoms. The number of hydrogen-bond acceptors (Lipinski definition) is 5. The minimum absolute atomic E-state index is 0.0244. The maximum absolute atomic E-state index is 12.5. The van der Waals surface area contributed by atoms with Crippen molar-refractivity contribution in [1.82, 2.24) is 22.9 Å². The van der Waals surface area contributed by atoms with Gasteiger partial charge in [-0.05, 0) is 18.8 Å². The van der Waals surface area contributed by atoms with Crippen LogP contribution in [0.3, 0.4) is 0 Å². The quantitative estimate of drug-likeness (QED) is 0.702. The van der Waals surface area contributed by atoms with Gasteiger partial charge in [-0.25, -0.2) is 18.1 Å². The number of nitrogens with one attached hydrogen (secondary N) is 1. The molecule has 11 heteroatoms. The Labute approximate surface area is 156 Å². The van der Waals surface area contributed by atoms with Gasteiger partial charge in [0.1, 0.15) is 5.82 Å². The molecule has 9 nitrogen and oxygen atoms in total. The smallest absolute Gasteiger partial charge is 0.281 e. The van der Waals surface area contributed by atoms with Crippen molar-refractivity contribution in [3.8, 4) is 0 Å². The van der Waals surface area contributed by atoms with E-state index in [2.05, 4.69) is 9.71 Å². The minimum atomic E-state index is -3.67. The van der Waals surface area contributed by atoms with Crippen molar-refractivity contribution in [1.29, 1.82) is 0 Å². The summed E-state index contributed by atoms with van der Waals surface area (Å²) in [5, 5.41) is 0.0244. The van der Waals surface area contributed by atoms with Gasteiger partial charge in [0.05, 0.1) is 0 Å². The molecule has 0 saturated carbocycles. The number of piperidine rings is 1. The Hall–Kier alpha value is -1.01. The summed E-state index contributed by atoms with van der Waals surface area (Å²) in [5.41, 5.74) is 0. The second-order valence-corrected chi connectivity index (χ2v) is 11.0. The summed E-state index contributed by atoms with van der Waals surface area (Å²) in [6.45, 7) is 5.00. The van der Waals surface area contributed by atoms with Crippen molar-refractivity contribution in [2.75, 3.05) is 33.7 Å². The number of hydrogen-bond donors (Lipinski definition) is 1. The molecule has 1 aliphatic rings. The lowest BCUT2D eigenvalue weighted by Gasteiger charge is -2.32. The zero-order chi connectivity index (χ0) is 19.7. The van der Waals surface area contributed by atoms with Crippen molar-refractivity contribution in [3.63, 3.8) is 0 Å². The van der Waals surface area contributed by atoms with Gasteiger partial charge in [-0.15, -0.1) is 0 Å². The van der Waals surface area contributed by atoms with Gasteiger partial charge in [-0.2, -0.15) is 17.0 Å². The highest BCUT2D eigenvalue weighted by Gasteiger charge is 2.30. The first-order chi connectivity index (χ1) is 11.9. The summed E-state index contributed by atoms with van der Waals surface area (Å²) in [5.74, 6) is 0.950. The highest BCUT2D eigenvalue weighted by Crippen LogP contribution is 2.21. The molecule has 0 aromatic carbocycles. The summed E-state index contributed by atoms with van der Waals surface area (Å²) in [4.78, 5) is 4.23. The van der Waals surface area contributed by atoms with Crippen LogP contribution >= 0.6 is 0 Å². The molecule has 1 aliphatic heterocycles. The van der Waals surface area contributed by atoms with Crippen molar-refractivity contribution in [2.24, 2.45) is 13.0 Å². The van der Waals surface area contributed by atoms with Gasteiger partial charge in [0.2, 0.25) is 0 Å². The van der Waals surface area contributed by atoms with Gasteiger partial charge in [-0.1, -0.05) is 13.8 Å². The van der Waals surface area contributed by atoms with Crippen molar-refractivity contribution < 1.29 is 16.8 Å². The lowest BCUT2D eigenvalue weighted by molar-refractivity contribution is 0.263. The van der Waals surface area contributed by atoms with E-state index in [0.29, 0.717) is 31.8 Å². The second kappa shape index (κ2) is 7.93. The summed E-state index contributed by atoms with van der Waals surface area (Å²) in [7, 11) is -2.28. The summed E-state index contributed by atoms with van der Waals surface area (Å²) in [6, 6.07) is 0. The van der Waals surface area contributed by atoms with Crippen LogP contribution in [0.1, 0.15) is 38.4 Å². The first-order valence-corrected chi connectivity index (χ1v) is 11.5. The van der Waals surface area contributed by atoms with Crippen molar-refractivity contribution >= 4 is 20.2 Å². The molecular weight excluding hydrogens is 378 g/mol. The Morgan fingerprint density at radius 2 is 1.81 bits per heavy atom. The molecule has 1 aromatic rings. The number of nitrogens with zero attached hydrogens (tertiary/aromatic N) is 4. The number of aryl methyl sites for hydroxylation is 1. The average Bonchev–Trinajstić information content (AvgIpc) is 2.96. The average molecular weight is 408 g/mol. The Morgan fingerprint density at radius 1 is 1.23 bits per heavy atom. The normalized spacial score (nSPS) is 18.1. The summed E-state index contributed by atoms with van der Waals surface area (Å²) < 4.78 is 56.2. The summed E-state index contributed by atoms with van der Waals surface area (Å²) >= 11 is 0. The Bertz CT molecular complexity index is 822. The van der Waals surface area contributed by atoms with Crippen LogP contribution in [0.15, 0.2) is 11.2 Å². The Balaban J connectivity index is 1.94. The fourth-order valence-electron chi connectivity index (χ4n) is 2.99. The van der Waals surface area contributed by atoms with Crippen LogP contribution in [0.25, 0.3) is 0 Å². The fourth-order valence-corrected chi connectivity index (χ4v) is 5.24. The molecule has 1 N–H and O–H groups in total. The van der Waals surface area contributed by atoms with Crippen molar-refractivity contribution in [3.05, 3.63) is 12.0 Å². The molecule has 0 spiro atoms. The van der Waals surface area contributed by atoms with Crippen LogP contribution in [0.5, 0.6) is 0 Å². The molecule has 0 amide bonds. The van der Waals surface area contributed by atoms with Gasteiger partial charge in [-0.3, -0.25) is 0 Å². The van der Waals surface area contributed by atoms with Gasteiger partial charge >= 0.3 is 0 Å². The van der Waals surface area contributed by atoms with E-state index in [9.17, 15) is 16.8 Å². The van der Waals surface area contributed by atoms with Gasteiger partial charge in [0.15, 0.2) is 5.03 Å². The van der Waals surface area contributed by atoms with E-state index in [1.54, 1.807) is 11.6 Å². The highest BCUT2D eigenvalue weighted by molar-refractivity contribution is 7.89. The van der Waals surface area contributed by atoms with Crippen molar-refractivity contribution in [2.45, 2.75) is 37.6 Å². The van der Waals surface area contributed by atoms with E-state index < -0.39 is 20.2 Å². The first-order valence-electron chi connectivity index (χ1n) is 8.65. The number of aromatic nitrogens is 2. The molecule has 2 heterocycles. The maximum atomic E-state index is 12.5. The number of sulfonamides is 1. The monoisotopic (exact) mass is 407 g/mol. The largest absolute Gasteiger partial charge is 0.336 e. The second-order valence-electron chi connectivity index (χ2n) is 7.19. The van der Waals surface area contributed by atoms with Gasteiger partial charge < -0.3 is 4.57 Å². The molecule has 0 unspecified atom stereocenters. The number of imidazole rings is 1. The van der Waals surface area contributed by atoms with Crippen LogP contribution < -0.4 is 4.72 Å². The standard InChI is InChI=1S/C15H29N5O4S2/c1-12(2)15-17-14(11-19(15)5)25(21,22)16-10-13-6-8-20(9-7-13)26(23,24)18(3)4/h11-13,16H,6-10H2,1-5H3. The van der Waals surface area contributed by atoms with Crippen LogP contribution in [0, 0.1) is 5.92 Å². The van der Waals surface area contributed by atoms with Crippen LogP contribution in [-0.2, 0) is 27.3 Å². The predicted molar refractivity (Wildman–Crippen MR) is 99.4 cm³/mol. The molecule has 1 aromatic heterocycles. The molecule has 150 valence electrons. The van der Waals surface area contributed by atoms with E-state index in [1.807, 2.05) is 13.8 Å².